The fourth-order valence-corrected chi connectivity index (χ4v) is 2.28. The molecule has 0 spiro atoms. The predicted molar refractivity (Wildman–Crippen MR) is 65.0 cm³/mol. The molecule has 1 aromatic carbocycles. The standard InChI is InChI=1S/C14H13NO2/c1-9-4-5-13-11(7-9)12(14(16)15-13)8-10-3-2-6-17-10/h2-7,12H,8H2,1H3,(H,15,16)/t12-/m0/s1. The average molecular weight is 227 g/mol. The van der Waals surface area contributed by atoms with Crippen LogP contribution in [0.15, 0.2) is 41.0 Å². The highest BCUT2D eigenvalue weighted by atomic mass is 16.3. The van der Waals surface area contributed by atoms with Crippen LogP contribution in [0, 0.1) is 6.92 Å². The van der Waals surface area contributed by atoms with Gasteiger partial charge in [0.2, 0.25) is 5.91 Å². The largest absolute Gasteiger partial charge is 0.469 e. The summed E-state index contributed by atoms with van der Waals surface area (Å²) in [5.41, 5.74) is 3.17. The number of amides is 1. The van der Waals surface area contributed by atoms with E-state index in [-0.39, 0.29) is 11.8 Å². The summed E-state index contributed by atoms with van der Waals surface area (Å²) in [6, 6.07) is 9.79. The van der Waals surface area contributed by atoms with Gasteiger partial charge in [0.25, 0.3) is 0 Å². The first kappa shape index (κ1) is 10.1. The minimum Gasteiger partial charge on any atom is -0.469 e. The lowest BCUT2D eigenvalue weighted by Crippen LogP contribution is -2.13. The van der Waals surface area contributed by atoms with E-state index in [4.69, 9.17) is 4.42 Å². The fraction of sp³-hybridized carbons (Fsp3) is 0.214. The molecule has 86 valence electrons. The topological polar surface area (TPSA) is 42.2 Å². The van der Waals surface area contributed by atoms with E-state index in [1.54, 1.807) is 6.26 Å². The molecule has 0 unspecified atom stereocenters. The Labute approximate surface area is 99.4 Å². The van der Waals surface area contributed by atoms with Crippen molar-refractivity contribution in [2.75, 3.05) is 5.32 Å². The Morgan fingerprint density at radius 2 is 2.24 bits per heavy atom. The molecule has 1 atom stereocenters. The lowest BCUT2D eigenvalue weighted by atomic mass is 9.95. The normalized spacial score (nSPS) is 17.9. The van der Waals surface area contributed by atoms with Gasteiger partial charge in [-0.1, -0.05) is 17.7 Å². The molecule has 3 rings (SSSR count). The van der Waals surface area contributed by atoms with Gasteiger partial charge in [-0.15, -0.1) is 0 Å². The van der Waals surface area contributed by atoms with Gasteiger partial charge in [-0.25, -0.2) is 0 Å². The predicted octanol–water partition coefficient (Wildman–Crippen LogP) is 2.87. The number of carbonyl (C=O) groups is 1. The van der Waals surface area contributed by atoms with Crippen LogP contribution in [0.4, 0.5) is 5.69 Å². The smallest absolute Gasteiger partial charge is 0.232 e. The lowest BCUT2D eigenvalue weighted by molar-refractivity contribution is -0.117. The van der Waals surface area contributed by atoms with Crippen molar-refractivity contribution in [2.24, 2.45) is 0 Å². The number of hydrogen-bond acceptors (Lipinski definition) is 2. The van der Waals surface area contributed by atoms with Gasteiger partial charge in [-0.05, 0) is 30.7 Å². The number of aryl methyl sites for hydroxylation is 1. The molecule has 1 aliphatic rings. The maximum atomic E-state index is 11.9. The Bertz CT molecular complexity index is 558. The number of nitrogens with one attached hydrogen (secondary N) is 1. The zero-order valence-electron chi connectivity index (χ0n) is 9.57. The SMILES string of the molecule is Cc1ccc2c(c1)[C@H](Cc1ccco1)C(=O)N2. The number of carbonyl (C=O) groups excluding carboxylic acids is 1. The molecule has 3 nitrogen and oxygen atoms in total. The van der Waals surface area contributed by atoms with Gasteiger partial charge in [0.1, 0.15) is 5.76 Å². The van der Waals surface area contributed by atoms with Crippen LogP contribution >= 0.6 is 0 Å². The van der Waals surface area contributed by atoms with Crippen molar-refractivity contribution in [3.63, 3.8) is 0 Å². The minimum absolute atomic E-state index is 0.0574. The zero-order chi connectivity index (χ0) is 11.8. The van der Waals surface area contributed by atoms with Crippen molar-refractivity contribution >= 4 is 11.6 Å². The van der Waals surface area contributed by atoms with Gasteiger partial charge < -0.3 is 9.73 Å². The summed E-state index contributed by atoms with van der Waals surface area (Å²) < 4.78 is 5.31. The van der Waals surface area contributed by atoms with Crippen molar-refractivity contribution in [2.45, 2.75) is 19.3 Å². The van der Waals surface area contributed by atoms with E-state index in [2.05, 4.69) is 11.4 Å². The van der Waals surface area contributed by atoms with Crippen LogP contribution in [-0.4, -0.2) is 5.91 Å². The third kappa shape index (κ3) is 1.73. The molecule has 1 aliphatic heterocycles. The van der Waals surface area contributed by atoms with Crippen LogP contribution in [0.1, 0.15) is 22.8 Å². The molecule has 17 heavy (non-hydrogen) atoms. The van der Waals surface area contributed by atoms with E-state index in [1.807, 2.05) is 31.2 Å². The Morgan fingerprint density at radius 3 is 3.00 bits per heavy atom. The van der Waals surface area contributed by atoms with Crippen LogP contribution in [0.25, 0.3) is 0 Å². The van der Waals surface area contributed by atoms with Crippen molar-refractivity contribution < 1.29 is 9.21 Å². The van der Waals surface area contributed by atoms with E-state index in [0.717, 1.165) is 17.0 Å². The number of rotatable bonds is 2. The zero-order valence-corrected chi connectivity index (χ0v) is 9.57. The molecule has 0 radical (unpaired) electrons. The molecule has 1 amide bonds. The number of anilines is 1. The minimum atomic E-state index is -0.129. The summed E-state index contributed by atoms with van der Waals surface area (Å²) in [5.74, 6) is 0.776. The van der Waals surface area contributed by atoms with E-state index in [1.165, 1.54) is 5.56 Å². The summed E-state index contributed by atoms with van der Waals surface area (Å²) in [4.78, 5) is 11.9. The highest BCUT2D eigenvalue weighted by molar-refractivity contribution is 6.03. The molecule has 0 fully saturated rings. The summed E-state index contributed by atoms with van der Waals surface area (Å²) >= 11 is 0. The Morgan fingerprint density at radius 1 is 1.35 bits per heavy atom. The third-order valence-electron chi connectivity index (χ3n) is 3.14. The summed E-state index contributed by atoms with van der Waals surface area (Å²) in [5, 5.41) is 2.91. The highest BCUT2D eigenvalue weighted by Crippen LogP contribution is 2.35. The molecule has 3 heteroatoms. The Kier molecular flexibility index (Phi) is 2.25. The second-order valence-electron chi connectivity index (χ2n) is 4.42. The number of hydrogen-bond donors (Lipinski definition) is 1. The van der Waals surface area contributed by atoms with Gasteiger partial charge >= 0.3 is 0 Å². The van der Waals surface area contributed by atoms with Gasteiger partial charge in [-0.2, -0.15) is 0 Å². The molecular weight excluding hydrogens is 214 g/mol. The number of benzene rings is 1. The van der Waals surface area contributed by atoms with Crippen LogP contribution < -0.4 is 5.32 Å². The molecule has 0 aliphatic carbocycles. The van der Waals surface area contributed by atoms with Crippen molar-refractivity contribution in [3.8, 4) is 0 Å². The van der Waals surface area contributed by atoms with E-state index in [9.17, 15) is 4.79 Å². The van der Waals surface area contributed by atoms with Gasteiger partial charge in [0.05, 0.1) is 12.2 Å². The molecule has 2 aromatic rings. The molecule has 2 heterocycles. The molecule has 1 N–H and O–H groups in total. The van der Waals surface area contributed by atoms with Crippen molar-refractivity contribution in [3.05, 3.63) is 53.5 Å². The molecule has 0 saturated carbocycles. The summed E-state index contributed by atoms with van der Waals surface area (Å²) in [6.07, 6.45) is 2.26. The maximum absolute atomic E-state index is 11.9. The second kappa shape index (κ2) is 3.77. The fourth-order valence-electron chi connectivity index (χ4n) is 2.28. The first-order chi connectivity index (χ1) is 8.24. The second-order valence-corrected chi connectivity index (χ2v) is 4.42. The molecular formula is C14H13NO2. The average Bonchev–Trinajstić information content (AvgIpc) is 2.90. The van der Waals surface area contributed by atoms with Crippen LogP contribution in [0.3, 0.4) is 0 Å². The molecule has 0 bridgehead atoms. The first-order valence-electron chi connectivity index (χ1n) is 5.68. The summed E-state index contributed by atoms with van der Waals surface area (Å²) in [7, 11) is 0. The maximum Gasteiger partial charge on any atom is 0.232 e. The van der Waals surface area contributed by atoms with Crippen LogP contribution in [-0.2, 0) is 11.2 Å². The van der Waals surface area contributed by atoms with E-state index >= 15 is 0 Å². The Hall–Kier alpha value is -2.03. The first-order valence-corrected chi connectivity index (χ1v) is 5.68. The van der Waals surface area contributed by atoms with Crippen LogP contribution in [0.2, 0.25) is 0 Å². The van der Waals surface area contributed by atoms with Crippen molar-refractivity contribution in [1.82, 2.24) is 0 Å². The van der Waals surface area contributed by atoms with Crippen molar-refractivity contribution in [1.29, 1.82) is 0 Å². The highest BCUT2D eigenvalue weighted by Gasteiger charge is 2.31. The lowest BCUT2D eigenvalue weighted by Gasteiger charge is -2.07. The van der Waals surface area contributed by atoms with E-state index in [0.29, 0.717) is 6.42 Å². The quantitative estimate of drug-likeness (QED) is 0.857. The Balaban J connectivity index is 1.96. The monoisotopic (exact) mass is 227 g/mol. The number of furan rings is 1. The van der Waals surface area contributed by atoms with Gasteiger partial charge in [0.15, 0.2) is 0 Å². The third-order valence-corrected chi connectivity index (χ3v) is 3.14. The number of fused-ring (bicyclic) bond motifs is 1. The van der Waals surface area contributed by atoms with Gasteiger partial charge in [-0.3, -0.25) is 4.79 Å². The molecule has 0 saturated heterocycles. The van der Waals surface area contributed by atoms with E-state index < -0.39 is 0 Å². The van der Waals surface area contributed by atoms with Gasteiger partial charge in [0, 0.05) is 12.1 Å². The summed E-state index contributed by atoms with van der Waals surface area (Å²) in [6.45, 7) is 2.03. The van der Waals surface area contributed by atoms with Crippen LogP contribution in [0.5, 0.6) is 0 Å². The molecule has 1 aromatic heterocycles.